The third kappa shape index (κ3) is 3.33. The largest absolute Gasteiger partial charge is 0.481 e. The van der Waals surface area contributed by atoms with Crippen LogP contribution in [0.1, 0.15) is 31.4 Å². The van der Waals surface area contributed by atoms with Crippen molar-refractivity contribution in [1.29, 1.82) is 0 Å². The van der Waals surface area contributed by atoms with Gasteiger partial charge in [0.2, 0.25) is 0 Å². The van der Waals surface area contributed by atoms with Crippen molar-refractivity contribution in [1.82, 2.24) is 5.32 Å². The Kier molecular flexibility index (Phi) is 4.23. The van der Waals surface area contributed by atoms with Crippen LogP contribution in [0.3, 0.4) is 0 Å². The maximum Gasteiger partial charge on any atom is 0.306 e. The molecule has 0 atom stereocenters. The second-order valence-corrected chi connectivity index (χ2v) is 5.31. The Hall–Kier alpha value is -0.810. The lowest BCUT2D eigenvalue weighted by atomic mass is 9.86. The highest BCUT2D eigenvalue weighted by atomic mass is 79.9. The number of furan rings is 1. The van der Waals surface area contributed by atoms with Gasteiger partial charge in [-0.05, 0) is 47.7 Å². The molecule has 1 fully saturated rings. The fourth-order valence-corrected chi connectivity index (χ4v) is 2.57. The molecule has 5 heteroatoms. The van der Waals surface area contributed by atoms with Crippen molar-refractivity contribution in [2.24, 2.45) is 5.92 Å². The molecule has 1 aliphatic rings. The van der Waals surface area contributed by atoms with Crippen LogP contribution >= 0.6 is 15.9 Å². The lowest BCUT2D eigenvalue weighted by Gasteiger charge is -2.26. The van der Waals surface area contributed by atoms with Gasteiger partial charge in [0, 0.05) is 6.04 Å². The number of hydrogen-bond donors (Lipinski definition) is 2. The zero-order valence-electron chi connectivity index (χ0n) is 9.49. The number of carboxylic acids is 1. The van der Waals surface area contributed by atoms with Crippen LogP contribution < -0.4 is 5.32 Å². The molecule has 1 saturated carbocycles. The summed E-state index contributed by atoms with van der Waals surface area (Å²) in [5, 5.41) is 12.3. The minimum atomic E-state index is -0.655. The van der Waals surface area contributed by atoms with E-state index in [4.69, 9.17) is 9.52 Å². The Labute approximate surface area is 109 Å². The molecule has 0 unspecified atom stereocenters. The van der Waals surface area contributed by atoms with E-state index in [1.54, 1.807) is 6.26 Å². The summed E-state index contributed by atoms with van der Waals surface area (Å²) in [6, 6.07) is 2.28. The number of rotatable bonds is 4. The molecule has 0 aromatic carbocycles. The van der Waals surface area contributed by atoms with Gasteiger partial charge in [-0.2, -0.15) is 0 Å². The molecule has 1 aromatic rings. The first kappa shape index (κ1) is 12.6. The molecular weight excluding hydrogens is 286 g/mol. The predicted molar refractivity (Wildman–Crippen MR) is 66.6 cm³/mol. The quantitative estimate of drug-likeness (QED) is 0.898. The van der Waals surface area contributed by atoms with E-state index in [0.717, 1.165) is 35.9 Å². The smallest absolute Gasteiger partial charge is 0.306 e. The maximum atomic E-state index is 10.8. The van der Waals surface area contributed by atoms with Gasteiger partial charge in [-0.1, -0.05) is 0 Å². The summed E-state index contributed by atoms with van der Waals surface area (Å²) < 4.78 is 6.29. The van der Waals surface area contributed by atoms with E-state index in [9.17, 15) is 4.79 Å². The molecule has 1 aliphatic carbocycles. The van der Waals surface area contributed by atoms with Crippen LogP contribution in [0, 0.1) is 5.92 Å². The number of hydrogen-bond acceptors (Lipinski definition) is 3. The van der Waals surface area contributed by atoms with Crippen LogP contribution in [0.25, 0.3) is 0 Å². The monoisotopic (exact) mass is 301 g/mol. The minimum absolute atomic E-state index is 0.150. The van der Waals surface area contributed by atoms with Gasteiger partial charge in [-0.15, -0.1) is 0 Å². The zero-order chi connectivity index (χ0) is 12.3. The Bertz CT molecular complexity index is 383. The topological polar surface area (TPSA) is 62.5 Å². The summed E-state index contributed by atoms with van der Waals surface area (Å²) in [6.45, 7) is 0.690. The molecule has 1 heterocycles. The molecule has 94 valence electrons. The molecule has 4 nitrogen and oxygen atoms in total. The third-order valence-electron chi connectivity index (χ3n) is 3.32. The zero-order valence-corrected chi connectivity index (χ0v) is 11.1. The normalized spacial score (nSPS) is 24.8. The van der Waals surface area contributed by atoms with E-state index in [1.807, 2.05) is 6.07 Å². The van der Waals surface area contributed by atoms with Crippen molar-refractivity contribution in [2.45, 2.75) is 38.3 Å². The number of aliphatic carboxylic acids is 1. The van der Waals surface area contributed by atoms with Gasteiger partial charge in [0.1, 0.15) is 5.76 Å². The second kappa shape index (κ2) is 5.69. The predicted octanol–water partition coefficient (Wildman–Crippen LogP) is 2.78. The number of carboxylic acid groups (broad SMARTS) is 1. The van der Waals surface area contributed by atoms with E-state index in [1.165, 1.54) is 0 Å². The molecule has 0 saturated heterocycles. The Morgan fingerprint density at radius 1 is 1.47 bits per heavy atom. The van der Waals surface area contributed by atoms with Crippen molar-refractivity contribution in [3.8, 4) is 0 Å². The number of carbonyl (C=O) groups is 1. The highest BCUT2D eigenvalue weighted by molar-refractivity contribution is 9.10. The lowest BCUT2D eigenvalue weighted by molar-refractivity contribution is -0.142. The molecule has 17 heavy (non-hydrogen) atoms. The lowest BCUT2D eigenvalue weighted by Crippen LogP contribution is -2.34. The average Bonchev–Trinajstić information content (AvgIpc) is 2.73. The number of nitrogens with one attached hydrogen (secondary N) is 1. The van der Waals surface area contributed by atoms with Crippen molar-refractivity contribution in [3.05, 3.63) is 22.6 Å². The highest BCUT2D eigenvalue weighted by Gasteiger charge is 2.25. The third-order valence-corrected chi connectivity index (χ3v) is 4.03. The first-order valence-electron chi connectivity index (χ1n) is 5.85. The fraction of sp³-hybridized carbons (Fsp3) is 0.583. The summed E-state index contributed by atoms with van der Waals surface area (Å²) >= 11 is 3.41. The maximum absolute atomic E-state index is 10.8. The molecule has 0 bridgehead atoms. The summed E-state index contributed by atoms with van der Waals surface area (Å²) in [4.78, 5) is 10.8. The second-order valence-electron chi connectivity index (χ2n) is 4.46. The summed E-state index contributed by atoms with van der Waals surface area (Å²) in [5.41, 5.74) is 0. The molecule has 0 aliphatic heterocycles. The molecule has 0 spiro atoms. The van der Waals surface area contributed by atoms with Crippen LogP contribution in [0.5, 0.6) is 0 Å². The van der Waals surface area contributed by atoms with Crippen LogP contribution in [-0.4, -0.2) is 17.1 Å². The van der Waals surface area contributed by atoms with Crippen molar-refractivity contribution in [3.63, 3.8) is 0 Å². The van der Waals surface area contributed by atoms with Gasteiger partial charge >= 0.3 is 5.97 Å². The molecule has 0 amide bonds. The van der Waals surface area contributed by atoms with Gasteiger partial charge in [0.15, 0.2) is 0 Å². The average molecular weight is 302 g/mol. The van der Waals surface area contributed by atoms with Crippen molar-refractivity contribution < 1.29 is 14.3 Å². The van der Waals surface area contributed by atoms with Crippen LogP contribution in [0.4, 0.5) is 0 Å². The first-order valence-corrected chi connectivity index (χ1v) is 6.64. The molecule has 2 rings (SSSR count). The first-order chi connectivity index (χ1) is 8.16. The van der Waals surface area contributed by atoms with Crippen LogP contribution in [-0.2, 0) is 11.3 Å². The van der Waals surface area contributed by atoms with Crippen LogP contribution in [0.15, 0.2) is 21.2 Å². The number of halogens is 1. The summed E-state index contributed by atoms with van der Waals surface area (Å²) in [5.74, 6) is 0.0889. The van der Waals surface area contributed by atoms with Gasteiger partial charge in [-0.25, -0.2) is 0 Å². The molecular formula is C12H16BrNO3. The van der Waals surface area contributed by atoms with E-state index >= 15 is 0 Å². The minimum Gasteiger partial charge on any atom is -0.481 e. The molecule has 1 aromatic heterocycles. The van der Waals surface area contributed by atoms with Gasteiger partial charge in [0.25, 0.3) is 0 Å². The van der Waals surface area contributed by atoms with Gasteiger partial charge < -0.3 is 14.8 Å². The van der Waals surface area contributed by atoms with Crippen molar-refractivity contribution >= 4 is 21.9 Å². The molecule has 0 radical (unpaired) electrons. The van der Waals surface area contributed by atoms with E-state index < -0.39 is 5.97 Å². The van der Waals surface area contributed by atoms with Crippen molar-refractivity contribution in [2.75, 3.05) is 0 Å². The Balaban J connectivity index is 1.75. The Morgan fingerprint density at radius 2 is 2.18 bits per heavy atom. The molecule has 2 N–H and O–H groups in total. The van der Waals surface area contributed by atoms with E-state index in [0.29, 0.717) is 12.6 Å². The van der Waals surface area contributed by atoms with Gasteiger partial charge in [-0.3, -0.25) is 4.79 Å². The van der Waals surface area contributed by atoms with E-state index in [-0.39, 0.29) is 5.92 Å². The van der Waals surface area contributed by atoms with E-state index in [2.05, 4.69) is 21.2 Å². The Morgan fingerprint density at radius 3 is 2.71 bits per heavy atom. The summed E-state index contributed by atoms with van der Waals surface area (Å²) in [7, 11) is 0. The SMILES string of the molecule is O=C(O)C1CCC(NCc2occc2Br)CC1. The summed E-state index contributed by atoms with van der Waals surface area (Å²) in [6.07, 6.45) is 5.05. The standard InChI is InChI=1S/C12H16BrNO3/c13-10-5-6-17-11(10)7-14-9-3-1-8(2-4-9)12(15)16/h5-6,8-9,14H,1-4,7H2,(H,15,16). The fourth-order valence-electron chi connectivity index (χ4n) is 2.23. The van der Waals surface area contributed by atoms with Gasteiger partial charge in [0.05, 0.1) is 23.2 Å². The highest BCUT2D eigenvalue weighted by Crippen LogP contribution is 2.25. The van der Waals surface area contributed by atoms with Crippen LogP contribution in [0.2, 0.25) is 0 Å².